The predicted molar refractivity (Wildman–Crippen MR) is 126 cm³/mol. The molecule has 0 aliphatic heterocycles. The van der Waals surface area contributed by atoms with Crippen molar-refractivity contribution >= 4 is 46.3 Å². The molecule has 0 bridgehead atoms. The fraction of sp³-hybridized carbons (Fsp3) is 0.286. The van der Waals surface area contributed by atoms with Gasteiger partial charge < -0.3 is 21.7 Å². The maximum absolute atomic E-state index is 13.5. The van der Waals surface area contributed by atoms with E-state index < -0.39 is 24.0 Å². The van der Waals surface area contributed by atoms with E-state index in [1.807, 2.05) is 0 Å². The highest BCUT2D eigenvalue weighted by Gasteiger charge is 2.21. The Morgan fingerprint density at radius 2 is 1.97 bits per heavy atom. The van der Waals surface area contributed by atoms with Crippen LogP contribution in [0.25, 0.3) is 0 Å². The molecule has 174 valence electrons. The van der Waals surface area contributed by atoms with Crippen molar-refractivity contribution in [3.63, 3.8) is 0 Å². The largest absolute Gasteiger partial charge is 0.383 e. The molecule has 9 nitrogen and oxygen atoms in total. The fourth-order valence-electron chi connectivity index (χ4n) is 3.01. The van der Waals surface area contributed by atoms with Gasteiger partial charge in [0.2, 0.25) is 0 Å². The van der Waals surface area contributed by atoms with Crippen molar-refractivity contribution in [2.75, 3.05) is 18.1 Å². The summed E-state index contributed by atoms with van der Waals surface area (Å²) < 4.78 is 13.5. The number of nitrogens with two attached hydrogens (primary N) is 1. The summed E-state index contributed by atoms with van der Waals surface area (Å²) in [4.78, 5) is 37.9. The number of nitrogens with zero attached hydrogens (tertiary/aromatic N) is 3. The first-order valence-electron chi connectivity index (χ1n) is 9.96. The van der Waals surface area contributed by atoms with Gasteiger partial charge in [-0.1, -0.05) is 17.7 Å². The second kappa shape index (κ2) is 10.6. The molecule has 1 aromatic carbocycles. The molecule has 0 spiro atoms. The number of rotatable bonds is 8. The summed E-state index contributed by atoms with van der Waals surface area (Å²) in [6, 6.07) is 4.12. The molecule has 33 heavy (non-hydrogen) atoms. The Morgan fingerprint density at radius 3 is 2.64 bits per heavy atom. The van der Waals surface area contributed by atoms with Crippen LogP contribution in [0.4, 0.5) is 15.9 Å². The van der Waals surface area contributed by atoms with Crippen LogP contribution in [0.1, 0.15) is 62.4 Å². The van der Waals surface area contributed by atoms with E-state index in [1.165, 1.54) is 31.6 Å². The van der Waals surface area contributed by atoms with Gasteiger partial charge in [0.1, 0.15) is 33.9 Å². The van der Waals surface area contributed by atoms with Gasteiger partial charge in [-0.05, 0) is 33.0 Å². The van der Waals surface area contributed by atoms with Crippen LogP contribution in [0.3, 0.4) is 0 Å². The Balaban J connectivity index is 1.68. The lowest BCUT2D eigenvalue weighted by Crippen LogP contribution is -2.29. The zero-order valence-electron chi connectivity index (χ0n) is 18.1. The van der Waals surface area contributed by atoms with E-state index in [4.69, 9.17) is 17.3 Å². The smallest absolute Gasteiger partial charge is 0.270 e. The van der Waals surface area contributed by atoms with E-state index in [2.05, 4.69) is 30.9 Å². The summed E-state index contributed by atoms with van der Waals surface area (Å²) in [5.74, 6) is -0.603. The molecule has 2 aromatic heterocycles. The van der Waals surface area contributed by atoms with Crippen LogP contribution in [0, 0.1) is 0 Å². The van der Waals surface area contributed by atoms with Gasteiger partial charge >= 0.3 is 0 Å². The van der Waals surface area contributed by atoms with Gasteiger partial charge in [0, 0.05) is 28.4 Å². The van der Waals surface area contributed by atoms with Crippen molar-refractivity contribution in [1.82, 2.24) is 25.6 Å². The van der Waals surface area contributed by atoms with Gasteiger partial charge in [-0.3, -0.25) is 9.59 Å². The van der Waals surface area contributed by atoms with E-state index in [1.54, 1.807) is 20.0 Å². The van der Waals surface area contributed by atoms with Crippen molar-refractivity contribution in [2.24, 2.45) is 0 Å². The normalized spacial score (nSPS) is 12.8. The number of carbonyl (C=O) groups is 2. The number of nitrogens with one attached hydrogen (secondary N) is 3. The number of aromatic nitrogens is 3. The van der Waals surface area contributed by atoms with Crippen LogP contribution in [0.5, 0.6) is 0 Å². The van der Waals surface area contributed by atoms with Gasteiger partial charge in [0.05, 0.1) is 12.2 Å². The summed E-state index contributed by atoms with van der Waals surface area (Å²) in [5.41, 5.74) is 7.31. The molecule has 2 atom stereocenters. The molecular weight excluding hydrogens is 469 g/mol. The molecule has 3 rings (SSSR count). The summed E-state index contributed by atoms with van der Waals surface area (Å²) in [6.45, 7) is 3.47. The van der Waals surface area contributed by atoms with Gasteiger partial charge in [-0.25, -0.2) is 19.3 Å². The van der Waals surface area contributed by atoms with Gasteiger partial charge in [-0.2, -0.15) is 0 Å². The SMILES string of the molecule is CNCc1c(N)ncnc1C(=O)NC(C)c1ncc(C(=O)Nc2ccc(C(C)F)c(Cl)c2)s1. The van der Waals surface area contributed by atoms with Crippen LogP contribution < -0.4 is 21.7 Å². The minimum absolute atomic E-state index is 0.168. The lowest BCUT2D eigenvalue weighted by atomic mass is 10.1. The summed E-state index contributed by atoms with van der Waals surface area (Å²) >= 11 is 7.21. The quantitative estimate of drug-likeness (QED) is 0.377. The fourth-order valence-corrected chi connectivity index (χ4v) is 4.16. The number of carbonyl (C=O) groups excluding carboxylic acids is 2. The van der Waals surface area contributed by atoms with Crippen LogP contribution in [0.2, 0.25) is 5.02 Å². The maximum atomic E-state index is 13.5. The Morgan fingerprint density at radius 1 is 1.21 bits per heavy atom. The van der Waals surface area contributed by atoms with Crippen molar-refractivity contribution < 1.29 is 14.0 Å². The first-order chi connectivity index (χ1) is 15.7. The number of thiazole rings is 1. The molecule has 2 amide bonds. The molecule has 12 heteroatoms. The highest BCUT2D eigenvalue weighted by molar-refractivity contribution is 7.13. The number of alkyl halides is 1. The van der Waals surface area contributed by atoms with Crippen LogP contribution in [0.15, 0.2) is 30.7 Å². The minimum Gasteiger partial charge on any atom is -0.383 e. The Labute approximate surface area is 199 Å². The van der Waals surface area contributed by atoms with Crippen molar-refractivity contribution in [1.29, 1.82) is 0 Å². The molecule has 0 aliphatic carbocycles. The predicted octanol–water partition coefficient (Wildman–Crippen LogP) is 3.66. The molecule has 3 aromatic rings. The molecule has 5 N–H and O–H groups in total. The third-order valence-corrected chi connectivity index (χ3v) is 6.21. The highest BCUT2D eigenvalue weighted by atomic mass is 35.5. The average Bonchev–Trinajstić information content (AvgIpc) is 3.25. The lowest BCUT2D eigenvalue weighted by Gasteiger charge is -2.13. The number of amides is 2. The number of nitrogen functional groups attached to an aromatic ring is 1. The number of hydrogen-bond donors (Lipinski definition) is 4. The molecule has 2 heterocycles. The van der Waals surface area contributed by atoms with E-state index in [0.717, 1.165) is 11.3 Å². The van der Waals surface area contributed by atoms with E-state index >= 15 is 0 Å². The molecule has 0 saturated carbocycles. The van der Waals surface area contributed by atoms with Gasteiger partial charge in [0.25, 0.3) is 11.8 Å². The van der Waals surface area contributed by atoms with Crippen molar-refractivity contribution in [3.8, 4) is 0 Å². The van der Waals surface area contributed by atoms with Gasteiger partial charge in [-0.15, -0.1) is 11.3 Å². The summed E-state index contributed by atoms with van der Waals surface area (Å²) in [6.07, 6.45) is 1.44. The number of halogens is 2. The summed E-state index contributed by atoms with van der Waals surface area (Å²) in [5, 5.41) is 9.22. The Hall–Kier alpha value is -3.15. The zero-order valence-corrected chi connectivity index (χ0v) is 19.7. The maximum Gasteiger partial charge on any atom is 0.270 e. The topological polar surface area (TPSA) is 135 Å². The van der Waals surface area contributed by atoms with Crippen LogP contribution in [-0.2, 0) is 6.54 Å². The van der Waals surface area contributed by atoms with Crippen molar-refractivity contribution in [3.05, 3.63) is 62.5 Å². The molecular formula is C21H23ClFN7O2S. The molecule has 2 unspecified atom stereocenters. The Kier molecular flexibility index (Phi) is 7.90. The minimum atomic E-state index is -1.21. The molecule has 0 saturated heterocycles. The summed E-state index contributed by atoms with van der Waals surface area (Å²) in [7, 11) is 1.72. The standard InChI is InChI=1S/C21H23ClFN7O2S/c1-10(23)13-5-4-12(6-15(13)22)30-19(31)16-8-26-21(33-16)11(2)29-20(32)17-14(7-25-3)18(24)28-9-27-17/h4-6,8-11,25H,7H2,1-3H3,(H,29,32)(H,30,31)(H2,24,27,28). The van der Waals surface area contributed by atoms with E-state index in [0.29, 0.717) is 33.2 Å². The first-order valence-corrected chi connectivity index (χ1v) is 11.2. The number of anilines is 2. The molecule has 0 fully saturated rings. The number of hydrogen-bond acceptors (Lipinski definition) is 8. The first kappa shape index (κ1) is 24.5. The third-order valence-electron chi connectivity index (χ3n) is 4.70. The molecule has 0 radical (unpaired) electrons. The highest BCUT2D eigenvalue weighted by Crippen LogP contribution is 2.29. The van der Waals surface area contributed by atoms with Crippen LogP contribution >= 0.6 is 22.9 Å². The van der Waals surface area contributed by atoms with Crippen LogP contribution in [-0.4, -0.2) is 33.8 Å². The van der Waals surface area contributed by atoms with E-state index in [-0.39, 0.29) is 16.5 Å². The molecule has 0 aliphatic rings. The second-order valence-corrected chi connectivity index (χ2v) is 8.65. The lowest BCUT2D eigenvalue weighted by molar-refractivity contribution is 0.0932. The monoisotopic (exact) mass is 491 g/mol. The number of benzene rings is 1. The second-order valence-electron chi connectivity index (χ2n) is 7.18. The zero-order chi connectivity index (χ0) is 24.1. The average molecular weight is 492 g/mol. The third kappa shape index (κ3) is 5.81. The Bertz CT molecular complexity index is 1170. The van der Waals surface area contributed by atoms with Gasteiger partial charge in [0.15, 0.2) is 0 Å². The van der Waals surface area contributed by atoms with Crippen molar-refractivity contribution in [2.45, 2.75) is 32.6 Å². The van der Waals surface area contributed by atoms with E-state index in [9.17, 15) is 14.0 Å².